The molecule has 1 aromatic rings. The third-order valence-corrected chi connectivity index (χ3v) is 5.69. The summed E-state index contributed by atoms with van der Waals surface area (Å²) in [6, 6.07) is 1.48. The van der Waals surface area contributed by atoms with Gasteiger partial charge in [-0.25, -0.2) is 18.4 Å². The molecule has 2 rings (SSSR count). The molecule has 2 atom stereocenters. The summed E-state index contributed by atoms with van der Waals surface area (Å²) in [5.41, 5.74) is 0.271. The van der Waals surface area contributed by atoms with Gasteiger partial charge in [0, 0.05) is 25.3 Å². The van der Waals surface area contributed by atoms with Crippen molar-refractivity contribution >= 4 is 21.7 Å². The fourth-order valence-electron chi connectivity index (χ4n) is 2.30. The Hall–Kier alpha value is -1.70. The van der Waals surface area contributed by atoms with E-state index in [1.165, 1.54) is 11.1 Å². The lowest BCUT2D eigenvalue weighted by Gasteiger charge is -2.23. The van der Waals surface area contributed by atoms with E-state index in [1.807, 2.05) is 13.8 Å². The van der Waals surface area contributed by atoms with Crippen LogP contribution in [0.1, 0.15) is 37.2 Å². The molecule has 0 bridgehead atoms. The standard InChI is InChI=1S/C14H22N4O3S/c1-4-10(2)16-14-15-7-5-12(17-14)13(19)18(3)11-6-8-22(20,21)9-11/h5,7,10-11H,4,6,8-9H2,1-3H3,(H,15,16,17). The van der Waals surface area contributed by atoms with Gasteiger partial charge in [-0.3, -0.25) is 4.79 Å². The lowest BCUT2D eigenvalue weighted by atomic mass is 10.2. The van der Waals surface area contributed by atoms with Gasteiger partial charge in [0.25, 0.3) is 5.91 Å². The molecule has 2 heterocycles. The number of rotatable bonds is 5. The Labute approximate surface area is 131 Å². The van der Waals surface area contributed by atoms with Crippen LogP contribution in [0.2, 0.25) is 0 Å². The molecule has 0 radical (unpaired) electrons. The summed E-state index contributed by atoms with van der Waals surface area (Å²) in [7, 11) is -1.40. The van der Waals surface area contributed by atoms with Crippen molar-refractivity contribution in [3.8, 4) is 0 Å². The van der Waals surface area contributed by atoms with Crippen LogP contribution in [0.5, 0.6) is 0 Å². The Bertz CT molecular complexity index is 647. The van der Waals surface area contributed by atoms with Crippen LogP contribution in [0.25, 0.3) is 0 Å². The first-order chi connectivity index (χ1) is 10.3. The van der Waals surface area contributed by atoms with E-state index in [2.05, 4.69) is 15.3 Å². The van der Waals surface area contributed by atoms with E-state index in [0.717, 1.165) is 6.42 Å². The van der Waals surface area contributed by atoms with E-state index in [1.54, 1.807) is 13.1 Å². The summed E-state index contributed by atoms with van der Waals surface area (Å²) in [5, 5.41) is 3.12. The van der Waals surface area contributed by atoms with E-state index < -0.39 is 9.84 Å². The van der Waals surface area contributed by atoms with Gasteiger partial charge in [0.2, 0.25) is 5.95 Å². The molecule has 1 saturated heterocycles. The fraction of sp³-hybridized carbons (Fsp3) is 0.643. The van der Waals surface area contributed by atoms with E-state index in [9.17, 15) is 13.2 Å². The number of nitrogens with zero attached hydrogens (tertiary/aromatic N) is 3. The van der Waals surface area contributed by atoms with Gasteiger partial charge in [0.1, 0.15) is 5.69 Å². The molecular formula is C14H22N4O3S. The zero-order chi connectivity index (χ0) is 16.3. The van der Waals surface area contributed by atoms with Gasteiger partial charge in [-0.2, -0.15) is 0 Å². The van der Waals surface area contributed by atoms with Crippen LogP contribution < -0.4 is 5.32 Å². The highest BCUT2D eigenvalue weighted by Gasteiger charge is 2.33. The summed E-state index contributed by atoms with van der Waals surface area (Å²) in [6.07, 6.45) is 2.93. The maximum Gasteiger partial charge on any atom is 0.272 e. The zero-order valence-corrected chi connectivity index (χ0v) is 13.9. The fourth-order valence-corrected chi connectivity index (χ4v) is 4.07. The summed E-state index contributed by atoms with van der Waals surface area (Å²) in [6.45, 7) is 4.05. The van der Waals surface area contributed by atoms with Crippen molar-refractivity contribution in [2.24, 2.45) is 0 Å². The average molecular weight is 326 g/mol. The number of sulfone groups is 1. The lowest BCUT2D eigenvalue weighted by molar-refractivity contribution is 0.0741. The second-order valence-corrected chi connectivity index (χ2v) is 7.92. The average Bonchev–Trinajstić information content (AvgIpc) is 2.86. The molecule has 0 spiro atoms. The van der Waals surface area contributed by atoms with Crippen LogP contribution in [0, 0.1) is 0 Å². The molecule has 1 fully saturated rings. The molecule has 8 heteroatoms. The first kappa shape index (κ1) is 16.7. The highest BCUT2D eigenvalue weighted by molar-refractivity contribution is 7.91. The number of hydrogen-bond acceptors (Lipinski definition) is 6. The van der Waals surface area contributed by atoms with E-state index in [4.69, 9.17) is 0 Å². The number of anilines is 1. The molecule has 1 N–H and O–H groups in total. The number of carbonyl (C=O) groups is 1. The molecule has 1 aromatic heterocycles. The van der Waals surface area contributed by atoms with Crippen molar-refractivity contribution in [3.05, 3.63) is 18.0 Å². The normalized spacial score (nSPS) is 21.3. The molecule has 122 valence electrons. The predicted octanol–water partition coefficient (Wildman–Crippen LogP) is 0.946. The summed E-state index contributed by atoms with van der Waals surface area (Å²) in [4.78, 5) is 22.3. The van der Waals surface area contributed by atoms with Gasteiger partial charge < -0.3 is 10.2 Å². The van der Waals surface area contributed by atoms with E-state index in [-0.39, 0.29) is 35.2 Å². The Kier molecular flexibility index (Phi) is 5.00. The number of nitrogens with one attached hydrogen (secondary N) is 1. The van der Waals surface area contributed by atoms with Crippen LogP contribution in [0.15, 0.2) is 12.3 Å². The van der Waals surface area contributed by atoms with Gasteiger partial charge in [0.15, 0.2) is 9.84 Å². The first-order valence-electron chi connectivity index (χ1n) is 7.39. The van der Waals surface area contributed by atoms with Crippen molar-refractivity contribution in [3.63, 3.8) is 0 Å². The molecule has 1 amide bonds. The molecule has 0 aliphatic carbocycles. The number of hydrogen-bond donors (Lipinski definition) is 1. The van der Waals surface area contributed by atoms with Gasteiger partial charge in [0.05, 0.1) is 11.5 Å². The minimum absolute atomic E-state index is 0.0261. The molecule has 1 aliphatic rings. The van der Waals surface area contributed by atoms with Crippen molar-refractivity contribution in [1.29, 1.82) is 0 Å². The van der Waals surface area contributed by atoms with E-state index in [0.29, 0.717) is 12.4 Å². The van der Waals surface area contributed by atoms with Crippen molar-refractivity contribution < 1.29 is 13.2 Å². The molecule has 2 unspecified atom stereocenters. The summed E-state index contributed by atoms with van der Waals surface area (Å²) >= 11 is 0. The first-order valence-corrected chi connectivity index (χ1v) is 9.21. The smallest absolute Gasteiger partial charge is 0.272 e. The topological polar surface area (TPSA) is 92.3 Å². The van der Waals surface area contributed by atoms with Crippen molar-refractivity contribution in [2.45, 2.75) is 38.8 Å². The molecule has 0 aromatic carbocycles. The molecule has 0 saturated carbocycles. The maximum atomic E-state index is 12.5. The largest absolute Gasteiger partial charge is 0.352 e. The Morgan fingerprint density at radius 1 is 1.55 bits per heavy atom. The minimum atomic E-state index is -3.02. The maximum absolute atomic E-state index is 12.5. The van der Waals surface area contributed by atoms with E-state index >= 15 is 0 Å². The number of amides is 1. The highest BCUT2D eigenvalue weighted by Crippen LogP contribution is 2.18. The molecule has 22 heavy (non-hydrogen) atoms. The monoisotopic (exact) mass is 326 g/mol. The molecular weight excluding hydrogens is 304 g/mol. The Morgan fingerprint density at radius 3 is 2.86 bits per heavy atom. The van der Waals surface area contributed by atoms with Gasteiger partial charge in [-0.15, -0.1) is 0 Å². The van der Waals surface area contributed by atoms with Crippen LogP contribution >= 0.6 is 0 Å². The summed E-state index contributed by atoms with van der Waals surface area (Å²) < 4.78 is 23.1. The second kappa shape index (κ2) is 6.60. The predicted molar refractivity (Wildman–Crippen MR) is 84.6 cm³/mol. The Balaban J connectivity index is 2.10. The molecule has 7 nitrogen and oxygen atoms in total. The Morgan fingerprint density at radius 2 is 2.27 bits per heavy atom. The van der Waals surface area contributed by atoms with Gasteiger partial charge in [-0.1, -0.05) is 6.92 Å². The summed E-state index contributed by atoms with van der Waals surface area (Å²) in [5.74, 6) is 0.294. The van der Waals surface area contributed by atoms with Gasteiger partial charge in [-0.05, 0) is 25.8 Å². The van der Waals surface area contributed by atoms with Crippen molar-refractivity contribution in [2.75, 3.05) is 23.9 Å². The number of carbonyl (C=O) groups excluding carboxylic acids is 1. The third kappa shape index (κ3) is 3.94. The van der Waals surface area contributed by atoms with Crippen LogP contribution in [0.3, 0.4) is 0 Å². The quantitative estimate of drug-likeness (QED) is 0.866. The highest BCUT2D eigenvalue weighted by atomic mass is 32.2. The number of aromatic nitrogens is 2. The van der Waals surface area contributed by atoms with Crippen LogP contribution in [-0.4, -0.2) is 59.8 Å². The lowest BCUT2D eigenvalue weighted by Crippen LogP contribution is -2.38. The third-order valence-electron chi connectivity index (χ3n) is 3.94. The zero-order valence-electron chi connectivity index (χ0n) is 13.1. The molecule has 1 aliphatic heterocycles. The van der Waals surface area contributed by atoms with Gasteiger partial charge >= 0.3 is 0 Å². The van der Waals surface area contributed by atoms with Crippen LogP contribution in [0.4, 0.5) is 5.95 Å². The van der Waals surface area contributed by atoms with Crippen LogP contribution in [-0.2, 0) is 9.84 Å². The SMILES string of the molecule is CCC(C)Nc1nccc(C(=O)N(C)C2CCS(=O)(=O)C2)n1. The second-order valence-electron chi connectivity index (χ2n) is 5.69. The minimum Gasteiger partial charge on any atom is -0.352 e. The van der Waals surface area contributed by atoms with Crippen molar-refractivity contribution in [1.82, 2.24) is 14.9 Å².